The Bertz CT molecular complexity index is 640. The van der Waals surface area contributed by atoms with Crippen LogP contribution in [0.25, 0.3) is 11.4 Å². The van der Waals surface area contributed by atoms with E-state index in [1.54, 1.807) is 7.11 Å². The van der Waals surface area contributed by atoms with Crippen molar-refractivity contribution in [3.63, 3.8) is 0 Å². The second-order valence-electron chi connectivity index (χ2n) is 5.11. The molecule has 7 heteroatoms. The Hall–Kier alpha value is -2.41. The van der Waals surface area contributed by atoms with Gasteiger partial charge in [0, 0.05) is 0 Å². The first-order valence-corrected chi connectivity index (χ1v) is 7.19. The second-order valence-corrected chi connectivity index (χ2v) is 5.11. The number of nitrogens with two attached hydrogens (primary N) is 1. The highest BCUT2D eigenvalue weighted by molar-refractivity contribution is 5.93. The molecule has 0 radical (unpaired) electrons. The molecule has 118 valence electrons. The van der Waals surface area contributed by atoms with Gasteiger partial charge in [-0.1, -0.05) is 32.4 Å². The number of hydrogen-bond donors (Lipinski definition) is 3. The van der Waals surface area contributed by atoms with Gasteiger partial charge in [-0.2, -0.15) is 4.98 Å². The molecule has 0 saturated heterocycles. The normalized spacial score (nSPS) is 13.5. The minimum atomic E-state index is -0.585. The molecule has 22 heavy (non-hydrogen) atoms. The predicted octanol–water partition coefficient (Wildman–Crippen LogP) is 1.79. The van der Waals surface area contributed by atoms with Gasteiger partial charge in [-0.05, 0) is 18.1 Å². The van der Waals surface area contributed by atoms with Crippen molar-refractivity contribution in [3.05, 3.63) is 24.3 Å². The van der Waals surface area contributed by atoms with Crippen LogP contribution in [-0.2, 0) is 4.79 Å². The number of nitrogens with zero attached hydrogens (tertiary/aromatic N) is 2. The van der Waals surface area contributed by atoms with Crippen molar-refractivity contribution in [2.75, 3.05) is 12.4 Å². The number of benzene rings is 1. The summed E-state index contributed by atoms with van der Waals surface area (Å²) in [6.07, 6.45) is 0.828. The number of rotatable bonds is 6. The molecule has 0 spiro atoms. The third-order valence-electron chi connectivity index (χ3n) is 3.64. The first-order valence-electron chi connectivity index (χ1n) is 7.19. The van der Waals surface area contributed by atoms with Crippen molar-refractivity contribution in [3.8, 4) is 17.1 Å². The van der Waals surface area contributed by atoms with Gasteiger partial charge >= 0.3 is 0 Å². The van der Waals surface area contributed by atoms with Crippen LogP contribution in [0.5, 0.6) is 5.75 Å². The SMILES string of the molecule is CCC(C)C(N)C(=O)Nc1n[nH]c(-c2ccccc2OC)n1. The lowest BCUT2D eigenvalue weighted by Crippen LogP contribution is -2.40. The minimum absolute atomic E-state index is 0.0904. The maximum absolute atomic E-state index is 12.0. The highest BCUT2D eigenvalue weighted by Crippen LogP contribution is 2.27. The van der Waals surface area contributed by atoms with E-state index in [9.17, 15) is 4.79 Å². The monoisotopic (exact) mass is 303 g/mol. The number of H-pyrrole nitrogens is 1. The molecule has 1 aromatic carbocycles. The Labute approximate surface area is 129 Å². The lowest BCUT2D eigenvalue weighted by Gasteiger charge is -2.16. The van der Waals surface area contributed by atoms with E-state index >= 15 is 0 Å². The first kappa shape index (κ1) is 16.0. The molecule has 2 aromatic rings. The summed E-state index contributed by atoms with van der Waals surface area (Å²) in [5.74, 6) is 1.19. The van der Waals surface area contributed by atoms with Gasteiger partial charge in [0.05, 0.1) is 18.7 Å². The number of methoxy groups -OCH3 is 1. The zero-order valence-corrected chi connectivity index (χ0v) is 13.0. The summed E-state index contributed by atoms with van der Waals surface area (Å²) in [7, 11) is 1.59. The number of nitrogens with one attached hydrogen (secondary N) is 2. The summed E-state index contributed by atoms with van der Waals surface area (Å²) < 4.78 is 5.28. The van der Waals surface area contributed by atoms with E-state index in [-0.39, 0.29) is 17.8 Å². The average Bonchev–Trinajstić information content (AvgIpc) is 3.01. The zero-order chi connectivity index (χ0) is 16.1. The fraction of sp³-hybridized carbons (Fsp3) is 0.400. The number of hydrogen-bond acceptors (Lipinski definition) is 5. The van der Waals surface area contributed by atoms with Crippen molar-refractivity contribution in [2.24, 2.45) is 11.7 Å². The zero-order valence-electron chi connectivity index (χ0n) is 13.0. The molecule has 0 aliphatic carbocycles. The maximum atomic E-state index is 12.0. The topological polar surface area (TPSA) is 106 Å². The van der Waals surface area contributed by atoms with Gasteiger partial charge in [0.2, 0.25) is 11.9 Å². The molecule has 2 rings (SSSR count). The molecule has 1 aromatic heterocycles. The molecule has 1 amide bonds. The summed E-state index contributed by atoms with van der Waals surface area (Å²) in [6.45, 7) is 3.92. The molecule has 0 bridgehead atoms. The number of aromatic amines is 1. The third-order valence-corrected chi connectivity index (χ3v) is 3.64. The number of aromatic nitrogens is 3. The molecule has 7 nitrogen and oxygen atoms in total. The average molecular weight is 303 g/mol. The fourth-order valence-electron chi connectivity index (χ4n) is 1.98. The van der Waals surface area contributed by atoms with Crippen molar-refractivity contribution < 1.29 is 9.53 Å². The predicted molar refractivity (Wildman–Crippen MR) is 84.4 cm³/mol. The summed E-state index contributed by atoms with van der Waals surface area (Å²) in [5, 5.41) is 9.41. The van der Waals surface area contributed by atoms with Gasteiger partial charge in [-0.3, -0.25) is 15.2 Å². The van der Waals surface area contributed by atoms with E-state index in [2.05, 4.69) is 20.5 Å². The van der Waals surface area contributed by atoms with Crippen LogP contribution >= 0.6 is 0 Å². The van der Waals surface area contributed by atoms with Gasteiger partial charge in [0.1, 0.15) is 5.75 Å². The highest BCUT2D eigenvalue weighted by Gasteiger charge is 2.21. The van der Waals surface area contributed by atoms with Crippen molar-refractivity contribution in [1.29, 1.82) is 0 Å². The van der Waals surface area contributed by atoms with Gasteiger partial charge < -0.3 is 10.5 Å². The lowest BCUT2D eigenvalue weighted by molar-refractivity contribution is -0.118. The van der Waals surface area contributed by atoms with Crippen molar-refractivity contribution in [2.45, 2.75) is 26.3 Å². The van der Waals surface area contributed by atoms with Crippen LogP contribution in [0.2, 0.25) is 0 Å². The van der Waals surface area contributed by atoms with Crippen LogP contribution in [-0.4, -0.2) is 34.2 Å². The quantitative estimate of drug-likeness (QED) is 0.754. The Morgan fingerprint density at radius 2 is 2.18 bits per heavy atom. The lowest BCUT2D eigenvalue weighted by atomic mass is 10.00. The fourth-order valence-corrected chi connectivity index (χ4v) is 1.98. The molecular weight excluding hydrogens is 282 g/mol. The number of ether oxygens (including phenoxy) is 1. The molecule has 1 heterocycles. The second kappa shape index (κ2) is 7.04. The van der Waals surface area contributed by atoms with Crippen LogP contribution in [0.3, 0.4) is 0 Å². The van der Waals surface area contributed by atoms with Crippen molar-refractivity contribution >= 4 is 11.9 Å². The Balaban J connectivity index is 2.13. The smallest absolute Gasteiger partial charge is 0.249 e. The first-order chi connectivity index (χ1) is 10.6. The number of carbonyl (C=O) groups is 1. The minimum Gasteiger partial charge on any atom is -0.496 e. The van der Waals surface area contributed by atoms with Gasteiger partial charge in [-0.25, -0.2) is 0 Å². The van der Waals surface area contributed by atoms with E-state index in [0.717, 1.165) is 12.0 Å². The van der Waals surface area contributed by atoms with E-state index in [1.807, 2.05) is 38.1 Å². The molecule has 2 unspecified atom stereocenters. The summed E-state index contributed by atoms with van der Waals surface area (Å²) in [6, 6.07) is 6.84. The molecule has 0 aliphatic heterocycles. The Morgan fingerprint density at radius 3 is 2.86 bits per heavy atom. The molecule has 0 aliphatic rings. The van der Waals surface area contributed by atoms with Crippen LogP contribution in [0, 0.1) is 5.92 Å². The van der Waals surface area contributed by atoms with E-state index < -0.39 is 6.04 Å². The van der Waals surface area contributed by atoms with Crippen molar-refractivity contribution in [1.82, 2.24) is 15.2 Å². The number of anilines is 1. The van der Waals surface area contributed by atoms with Gasteiger partial charge in [0.15, 0.2) is 5.82 Å². The third kappa shape index (κ3) is 3.43. The summed E-state index contributed by atoms with van der Waals surface area (Å²) >= 11 is 0. The summed E-state index contributed by atoms with van der Waals surface area (Å²) in [5.41, 5.74) is 6.65. The molecule has 4 N–H and O–H groups in total. The van der Waals surface area contributed by atoms with E-state index in [1.165, 1.54) is 0 Å². The van der Waals surface area contributed by atoms with E-state index in [0.29, 0.717) is 11.6 Å². The van der Waals surface area contributed by atoms with Crippen LogP contribution in [0.1, 0.15) is 20.3 Å². The largest absolute Gasteiger partial charge is 0.496 e. The number of para-hydroxylation sites is 1. The standard InChI is InChI=1S/C15H21N5O2/c1-4-9(2)12(16)14(21)18-15-17-13(19-20-15)10-7-5-6-8-11(10)22-3/h5-9,12H,4,16H2,1-3H3,(H2,17,18,19,20,21). The summed E-state index contributed by atoms with van der Waals surface area (Å²) in [4.78, 5) is 16.3. The molecule has 0 saturated carbocycles. The molecule has 2 atom stereocenters. The number of carbonyl (C=O) groups excluding carboxylic acids is 1. The highest BCUT2D eigenvalue weighted by atomic mass is 16.5. The van der Waals surface area contributed by atoms with Gasteiger partial charge in [0.25, 0.3) is 0 Å². The maximum Gasteiger partial charge on any atom is 0.249 e. The Kier molecular flexibility index (Phi) is 5.11. The Morgan fingerprint density at radius 1 is 1.45 bits per heavy atom. The molecule has 0 fully saturated rings. The van der Waals surface area contributed by atoms with E-state index in [4.69, 9.17) is 10.5 Å². The molecular formula is C15H21N5O2. The number of amides is 1. The van der Waals surface area contributed by atoms with Crippen LogP contribution in [0.4, 0.5) is 5.95 Å². The van der Waals surface area contributed by atoms with Crippen LogP contribution < -0.4 is 15.8 Å². The van der Waals surface area contributed by atoms with Gasteiger partial charge in [-0.15, -0.1) is 5.10 Å². The van der Waals surface area contributed by atoms with Crippen LogP contribution in [0.15, 0.2) is 24.3 Å².